The molecule has 0 aliphatic heterocycles. The lowest BCUT2D eigenvalue weighted by Gasteiger charge is -2.28. The Bertz CT molecular complexity index is 413. The van der Waals surface area contributed by atoms with Crippen molar-refractivity contribution in [1.29, 1.82) is 0 Å². The summed E-state index contributed by atoms with van der Waals surface area (Å²) in [7, 11) is 0. The van der Waals surface area contributed by atoms with E-state index < -0.39 is 0 Å². The molecule has 0 radical (unpaired) electrons. The van der Waals surface area contributed by atoms with E-state index in [-0.39, 0.29) is 17.2 Å². The van der Waals surface area contributed by atoms with Crippen LogP contribution in [0.1, 0.15) is 31.2 Å². The highest BCUT2D eigenvalue weighted by Crippen LogP contribution is 2.25. The fourth-order valence-corrected chi connectivity index (χ4v) is 2.75. The third-order valence-corrected chi connectivity index (χ3v) is 3.76. The van der Waals surface area contributed by atoms with E-state index in [4.69, 9.17) is 5.11 Å². The number of aliphatic hydroxyl groups is 1. The van der Waals surface area contributed by atoms with Gasteiger partial charge in [0.2, 0.25) is 0 Å². The zero-order chi connectivity index (χ0) is 13.7. The van der Waals surface area contributed by atoms with Crippen LogP contribution in [-0.2, 0) is 6.54 Å². The minimum Gasteiger partial charge on any atom is -0.395 e. The minimum absolute atomic E-state index is 0.123. The van der Waals surface area contributed by atoms with Crippen LogP contribution in [-0.4, -0.2) is 34.1 Å². The number of nitro benzene ring substituents is 1. The first kappa shape index (κ1) is 14.0. The zero-order valence-electron chi connectivity index (χ0n) is 11.0. The molecule has 0 amide bonds. The predicted molar refractivity (Wildman–Crippen MR) is 72.8 cm³/mol. The van der Waals surface area contributed by atoms with Gasteiger partial charge in [-0.3, -0.25) is 15.0 Å². The van der Waals surface area contributed by atoms with Crippen molar-refractivity contribution in [1.82, 2.24) is 4.90 Å². The third-order valence-electron chi connectivity index (χ3n) is 3.76. The molecule has 0 spiro atoms. The molecular formula is C14H20N2O3. The topological polar surface area (TPSA) is 66.6 Å². The van der Waals surface area contributed by atoms with Crippen molar-refractivity contribution < 1.29 is 10.0 Å². The van der Waals surface area contributed by atoms with Gasteiger partial charge in [0.1, 0.15) is 0 Å². The summed E-state index contributed by atoms with van der Waals surface area (Å²) >= 11 is 0. The van der Waals surface area contributed by atoms with Crippen molar-refractivity contribution in [3.05, 3.63) is 39.9 Å². The monoisotopic (exact) mass is 264 g/mol. The minimum atomic E-state index is -0.383. The lowest BCUT2D eigenvalue weighted by molar-refractivity contribution is -0.384. The molecule has 1 aliphatic rings. The summed E-state index contributed by atoms with van der Waals surface area (Å²) in [5.41, 5.74) is 1.18. The Morgan fingerprint density at radius 1 is 1.26 bits per heavy atom. The smallest absolute Gasteiger partial charge is 0.269 e. The molecule has 5 nitrogen and oxygen atoms in total. The van der Waals surface area contributed by atoms with E-state index in [1.807, 2.05) is 0 Å². The molecule has 1 saturated carbocycles. The molecule has 0 aromatic heterocycles. The van der Waals surface area contributed by atoms with Crippen molar-refractivity contribution in [2.75, 3.05) is 13.2 Å². The van der Waals surface area contributed by atoms with Gasteiger partial charge in [-0.2, -0.15) is 0 Å². The Morgan fingerprint density at radius 3 is 2.42 bits per heavy atom. The van der Waals surface area contributed by atoms with Gasteiger partial charge in [-0.1, -0.05) is 25.0 Å². The van der Waals surface area contributed by atoms with Gasteiger partial charge in [-0.05, 0) is 18.4 Å². The van der Waals surface area contributed by atoms with Gasteiger partial charge in [0, 0.05) is 31.3 Å². The highest BCUT2D eigenvalue weighted by Gasteiger charge is 2.22. The molecule has 0 saturated heterocycles. The Hall–Kier alpha value is -1.46. The van der Waals surface area contributed by atoms with Crippen LogP contribution in [0.15, 0.2) is 24.3 Å². The lowest BCUT2D eigenvalue weighted by atomic mass is 10.1. The van der Waals surface area contributed by atoms with E-state index in [1.54, 1.807) is 24.3 Å². The first-order valence-electron chi connectivity index (χ1n) is 6.79. The maximum absolute atomic E-state index is 10.6. The third kappa shape index (κ3) is 3.75. The number of hydrogen-bond acceptors (Lipinski definition) is 4. The molecule has 1 aromatic carbocycles. The second-order valence-electron chi connectivity index (χ2n) is 5.06. The molecule has 104 valence electrons. The van der Waals surface area contributed by atoms with Gasteiger partial charge >= 0.3 is 0 Å². The van der Waals surface area contributed by atoms with E-state index >= 15 is 0 Å². The summed E-state index contributed by atoms with van der Waals surface area (Å²) in [5, 5.41) is 19.8. The maximum atomic E-state index is 10.6. The second kappa shape index (κ2) is 6.63. The number of nitrogens with zero attached hydrogens (tertiary/aromatic N) is 2. The van der Waals surface area contributed by atoms with Crippen molar-refractivity contribution in [2.24, 2.45) is 0 Å². The lowest BCUT2D eigenvalue weighted by Crippen LogP contribution is -2.35. The van der Waals surface area contributed by atoms with Crippen LogP contribution in [0.2, 0.25) is 0 Å². The molecule has 0 atom stereocenters. The molecule has 0 heterocycles. The summed E-state index contributed by atoms with van der Waals surface area (Å²) in [6.07, 6.45) is 4.89. The van der Waals surface area contributed by atoms with E-state index in [9.17, 15) is 10.1 Å². The highest BCUT2D eigenvalue weighted by atomic mass is 16.6. The Labute approximate surface area is 113 Å². The van der Waals surface area contributed by atoms with Gasteiger partial charge in [0.25, 0.3) is 5.69 Å². The van der Waals surface area contributed by atoms with Crippen LogP contribution in [0, 0.1) is 10.1 Å². The molecule has 2 rings (SSSR count). The van der Waals surface area contributed by atoms with Crippen LogP contribution in [0.25, 0.3) is 0 Å². The van der Waals surface area contributed by atoms with E-state index in [2.05, 4.69) is 4.90 Å². The Kier molecular flexibility index (Phi) is 4.87. The molecule has 1 fully saturated rings. The van der Waals surface area contributed by atoms with Gasteiger partial charge < -0.3 is 5.11 Å². The number of hydrogen-bond donors (Lipinski definition) is 1. The zero-order valence-corrected chi connectivity index (χ0v) is 11.0. The molecule has 1 aliphatic carbocycles. The van der Waals surface area contributed by atoms with Gasteiger partial charge in [-0.25, -0.2) is 0 Å². The molecule has 0 unspecified atom stereocenters. The van der Waals surface area contributed by atoms with Crippen LogP contribution in [0.3, 0.4) is 0 Å². The van der Waals surface area contributed by atoms with Crippen molar-refractivity contribution in [2.45, 2.75) is 38.3 Å². The molecule has 0 bridgehead atoms. The van der Waals surface area contributed by atoms with Gasteiger partial charge in [0.15, 0.2) is 0 Å². The number of benzene rings is 1. The SMILES string of the molecule is O=[N+]([O-])c1ccc(CN(CCO)C2CCCC2)cc1. The number of aliphatic hydroxyl groups excluding tert-OH is 1. The first-order valence-corrected chi connectivity index (χ1v) is 6.79. The fraction of sp³-hybridized carbons (Fsp3) is 0.571. The predicted octanol–water partition coefficient (Wildman–Crippen LogP) is 2.33. The Balaban J connectivity index is 2.01. The van der Waals surface area contributed by atoms with Crippen LogP contribution in [0.5, 0.6) is 0 Å². The average Bonchev–Trinajstić information content (AvgIpc) is 2.92. The summed E-state index contributed by atoms with van der Waals surface area (Å²) < 4.78 is 0. The fourth-order valence-electron chi connectivity index (χ4n) is 2.75. The normalized spacial score (nSPS) is 16.1. The summed E-state index contributed by atoms with van der Waals surface area (Å²) in [4.78, 5) is 12.5. The van der Waals surface area contributed by atoms with Gasteiger partial charge in [0.05, 0.1) is 11.5 Å². The molecule has 1 aromatic rings. The first-order chi connectivity index (χ1) is 9.20. The highest BCUT2D eigenvalue weighted by molar-refractivity contribution is 5.32. The van der Waals surface area contributed by atoms with Crippen LogP contribution in [0.4, 0.5) is 5.69 Å². The Morgan fingerprint density at radius 2 is 1.89 bits per heavy atom. The molecule has 5 heteroatoms. The largest absolute Gasteiger partial charge is 0.395 e. The second-order valence-corrected chi connectivity index (χ2v) is 5.06. The molecular weight excluding hydrogens is 244 g/mol. The maximum Gasteiger partial charge on any atom is 0.269 e. The number of nitro groups is 1. The molecule has 1 N–H and O–H groups in total. The van der Waals surface area contributed by atoms with Crippen LogP contribution < -0.4 is 0 Å². The quantitative estimate of drug-likeness (QED) is 0.632. The van der Waals surface area contributed by atoms with E-state index in [1.165, 1.54) is 25.7 Å². The summed E-state index contributed by atoms with van der Waals surface area (Å²) in [5.74, 6) is 0. The van der Waals surface area contributed by atoms with E-state index in [0.29, 0.717) is 12.6 Å². The number of rotatable bonds is 6. The van der Waals surface area contributed by atoms with Gasteiger partial charge in [-0.15, -0.1) is 0 Å². The van der Waals surface area contributed by atoms with Crippen LogP contribution >= 0.6 is 0 Å². The summed E-state index contributed by atoms with van der Waals surface area (Å²) in [6, 6.07) is 7.24. The van der Waals surface area contributed by atoms with Crippen molar-refractivity contribution >= 4 is 5.69 Å². The van der Waals surface area contributed by atoms with E-state index in [0.717, 1.165) is 12.1 Å². The standard InChI is InChI=1S/C14H20N2O3/c17-10-9-15(13-3-1-2-4-13)11-12-5-7-14(8-6-12)16(18)19/h5-8,13,17H,1-4,9-11H2. The number of non-ortho nitro benzene ring substituents is 1. The van der Waals surface area contributed by atoms with Crippen molar-refractivity contribution in [3.8, 4) is 0 Å². The average molecular weight is 264 g/mol. The van der Waals surface area contributed by atoms with Crippen molar-refractivity contribution in [3.63, 3.8) is 0 Å². The molecule has 19 heavy (non-hydrogen) atoms. The summed E-state index contributed by atoms with van der Waals surface area (Å²) in [6.45, 7) is 1.58.